The molecule has 3 heterocycles. The summed E-state index contributed by atoms with van der Waals surface area (Å²) in [6, 6.07) is 11.3. The Kier molecular flexibility index (Phi) is 4.99. The van der Waals surface area contributed by atoms with Gasteiger partial charge in [-0.2, -0.15) is 0 Å². The monoisotopic (exact) mass is 485 g/mol. The fraction of sp³-hybridized carbons (Fsp3) is 0.360. The van der Waals surface area contributed by atoms with Gasteiger partial charge in [0.05, 0.1) is 28.5 Å². The Hall–Kier alpha value is -2.64. The van der Waals surface area contributed by atoms with Gasteiger partial charge in [-0.1, -0.05) is 56.6 Å². The average molecular weight is 486 g/mol. The fourth-order valence-electron chi connectivity index (χ4n) is 4.83. The molecule has 2 unspecified atom stereocenters. The van der Waals surface area contributed by atoms with Gasteiger partial charge in [0.2, 0.25) is 5.76 Å². The second-order valence-electron chi connectivity index (χ2n) is 9.86. The lowest BCUT2D eigenvalue weighted by molar-refractivity contribution is 0.0662. The third-order valence-corrected chi connectivity index (χ3v) is 8.55. The SMILES string of the molecule is CC(C)(C)c1ccc(C2c3c(oc4ccc(Cl)cc4c3=O)C(=O)N2C2CCS(=O)(=O)C2)cc1. The van der Waals surface area contributed by atoms with Gasteiger partial charge in [-0.25, -0.2) is 8.42 Å². The van der Waals surface area contributed by atoms with Crippen LogP contribution in [0.25, 0.3) is 11.0 Å². The van der Waals surface area contributed by atoms with Gasteiger partial charge in [-0.15, -0.1) is 0 Å². The van der Waals surface area contributed by atoms with E-state index in [0.29, 0.717) is 16.8 Å². The van der Waals surface area contributed by atoms with Crippen LogP contribution in [0.4, 0.5) is 0 Å². The number of halogens is 1. The zero-order valence-corrected chi connectivity index (χ0v) is 20.2. The van der Waals surface area contributed by atoms with Gasteiger partial charge in [0.1, 0.15) is 5.58 Å². The highest BCUT2D eigenvalue weighted by Gasteiger charge is 2.48. The van der Waals surface area contributed by atoms with Crippen molar-refractivity contribution >= 4 is 38.3 Å². The van der Waals surface area contributed by atoms with Gasteiger partial charge in [0, 0.05) is 11.1 Å². The van der Waals surface area contributed by atoms with Gasteiger partial charge >= 0.3 is 0 Å². The Bertz CT molecular complexity index is 1450. The van der Waals surface area contributed by atoms with Crippen molar-refractivity contribution in [2.45, 2.75) is 44.7 Å². The molecule has 0 radical (unpaired) electrons. The van der Waals surface area contributed by atoms with Crippen molar-refractivity contribution in [3.8, 4) is 0 Å². The average Bonchev–Trinajstić information content (AvgIpc) is 3.25. The topological polar surface area (TPSA) is 84.7 Å². The number of benzene rings is 2. The molecule has 0 spiro atoms. The minimum atomic E-state index is -3.25. The van der Waals surface area contributed by atoms with Crippen LogP contribution in [0.15, 0.2) is 51.7 Å². The van der Waals surface area contributed by atoms with Crippen molar-refractivity contribution in [3.05, 3.63) is 80.2 Å². The summed E-state index contributed by atoms with van der Waals surface area (Å²) in [5.41, 5.74) is 1.99. The molecule has 2 aliphatic rings. The van der Waals surface area contributed by atoms with Gasteiger partial charge in [0.15, 0.2) is 15.3 Å². The van der Waals surface area contributed by atoms with Crippen LogP contribution in [0.2, 0.25) is 5.02 Å². The second-order valence-corrected chi connectivity index (χ2v) is 12.5. The van der Waals surface area contributed by atoms with E-state index < -0.39 is 27.8 Å². The molecule has 0 bridgehead atoms. The van der Waals surface area contributed by atoms with E-state index in [4.69, 9.17) is 16.0 Å². The van der Waals surface area contributed by atoms with Crippen molar-refractivity contribution in [2.75, 3.05) is 11.5 Å². The summed E-state index contributed by atoms with van der Waals surface area (Å²) < 4.78 is 30.4. The minimum absolute atomic E-state index is 0.0203. The predicted molar refractivity (Wildman–Crippen MR) is 128 cm³/mol. The maximum Gasteiger partial charge on any atom is 0.291 e. The molecule has 1 aromatic heterocycles. The van der Waals surface area contributed by atoms with E-state index in [1.54, 1.807) is 12.1 Å². The molecule has 0 aliphatic carbocycles. The van der Waals surface area contributed by atoms with Crippen LogP contribution >= 0.6 is 11.6 Å². The van der Waals surface area contributed by atoms with Crippen molar-refractivity contribution in [2.24, 2.45) is 0 Å². The molecule has 1 amide bonds. The Morgan fingerprint density at radius 2 is 1.76 bits per heavy atom. The first kappa shape index (κ1) is 22.2. The summed E-state index contributed by atoms with van der Waals surface area (Å²) in [7, 11) is -3.25. The lowest BCUT2D eigenvalue weighted by atomic mass is 9.85. The molecule has 5 rings (SSSR count). The first-order valence-electron chi connectivity index (χ1n) is 10.9. The zero-order valence-electron chi connectivity index (χ0n) is 18.6. The number of amides is 1. The molecule has 33 heavy (non-hydrogen) atoms. The molecule has 1 fully saturated rings. The minimum Gasteiger partial charge on any atom is -0.450 e. The van der Waals surface area contributed by atoms with Gasteiger partial charge in [-0.05, 0) is 41.2 Å². The summed E-state index contributed by atoms with van der Waals surface area (Å²) >= 11 is 6.12. The Morgan fingerprint density at radius 1 is 1.06 bits per heavy atom. The van der Waals surface area contributed by atoms with E-state index in [1.165, 1.54) is 11.0 Å². The normalized spacial score (nSPS) is 22.2. The van der Waals surface area contributed by atoms with E-state index in [2.05, 4.69) is 20.8 Å². The summed E-state index contributed by atoms with van der Waals surface area (Å²) in [6.45, 7) is 6.32. The molecule has 172 valence electrons. The number of hydrogen-bond acceptors (Lipinski definition) is 5. The summed E-state index contributed by atoms with van der Waals surface area (Å²) in [5.74, 6) is -0.579. The van der Waals surface area contributed by atoms with E-state index >= 15 is 0 Å². The summed E-state index contributed by atoms with van der Waals surface area (Å²) in [6.07, 6.45) is 0.332. The van der Waals surface area contributed by atoms with Crippen molar-refractivity contribution in [1.29, 1.82) is 0 Å². The molecular weight excluding hydrogens is 462 g/mol. The van der Waals surface area contributed by atoms with E-state index in [1.807, 2.05) is 24.3 Å². The quantitative estimate of drug-likeness (QED) is 0.534. The molecule has 8 heteroatoms. The number of hydrogen-bond donors (Lipinski definition) is 0. The molecule has 0 N–H and O–H groups in total. The molecule has 2 aromatic carbocycles. The molecule has 3 aromatic rings. The van der Waals surface area contributed by atoms with Crippen LogP contribution in [0.5, 0.6) is 0 Å². The summed E-state index contributed by atoms with van der Waals surface area (Å²) in [4.78, 5) is 28.7. The Morgan fingerprint density at radius 3 is 2.36 bits per heavy atom. The standard InChI is InChI=1S/C25H24ClNO5S/c1-25(2,3)15-6-4-14(5-7-15)21-20-22(28)18-12-16(26)8-9-19(18)32-23(20)24(29)27(21)17-10-11-33(30,31)13-17/h4-9,12,17,21H,10-11,13H2,1-3H3. The van der Waals surface area contributed by atoms with E-state index in [0.717, 1.165) is 11.1 Å². The molecule has 2 aliphatic heterocycles. The molecular formula is C25H24ClNO5S. The lowest BCUT2D eigenvalue weighted by Crippen LogP contribution is -2.40. The van der Waals surface area contributed by atoms with Crippen molar-refractivity contribution in [1.82, 2.24) is 4.90 Å². The van der Waals surface area contributed by atoms with E-state index in [9.17, 15) is 18.0 Å². The highest BCUT2D eigenvalue weighted by atomic mass is 35.5. The maximum atomic E-state index is 13.6. The third kappa shape index (κ3) is 3.67. The fourth-order valence-corrected chi connectivity index (χ4v) is 6.71. The number of nitrogens with zero attached hydrogens (tertiary/aromatic N) is 1. The predicted octanol–water partition coefficient (Wildman–Crippen LogP) is 4.48. The van der Waals surface area contributed by atoms with Crippen LogP contribution in [0, 0.1) is 0 Å². The number of rotatable bonds is 2. The number of carbonyl (C=O) groups is 1. The smallest absolute Gasteiger partial charge is 0.291 e. The zero-order chi connectivity index (χ0) is 23.7. The Labute approximate surface area is 197 Å². The van der Waals surface area contributed by atoms with Crippen molar-refractivity contribution in [3.63, 3.8) is 0 Å². The van der Waals surface area contributed by atoms with Crippen LogP contribution < -0.4 is 5.43 Å². The third-order valence-electron chi connectivity index (χ3n) is 6.56. The largest absolute Gasteiger partial charge is 0.450 e. The van der Waals surface area contributed by atoms with Crippen LogP contribution in [-0.2, 0) is 15.3 Å². The first-order chi connectivity index (χ1) is 15.5. The number of carbonyl (C=O) groups excluding carboxylic acids is 1. The van der Waals surface area contributed by atoms with Gasteiger partial charge in [0.25, 0.3) is 5.91 Å². The van der Waals surface area contributed by atoms with Crippen molar-refractivity contribution < 1.29 is 17.6 Å². The Balaban J connectivity index is 1.73. The highest BCUT2D eigenvalue weighted by Crippen LogP contribution is 2.42. The molecule has 2 atom stereocenters. The summed E-state index contributed by atoms with van der Waals surface area (Å²) in [5, 5.41) is 0.690. The molecule has 1 saturated heterocycles. The maximum absolute atomic E-state index is 13.6. The van der Waals surface area contributed by atoms with E-state index in [-0.39, 0.29) is 39.3 Å². The molecule has 0 saturated carbocycles. The first-order valence-corrected chi connectivity index (χ1v) is 13.1. The number of fused-ring (bicyclic) bond motifs is 2. The lowest BCUT2D eigenvalue weighted by Gasteiger charge is -2.30. The van der Waals surface area contributed by atoms with Crippen LogP contribution in [0.3, 0.4) is 0 Å². The molecule has 6 nitrogen and oxygen atoms in total. The van der Waals surface area contributed by atoms with Gasteiger partial charge < -0.3 is 9.32 Å². The van der Waals surface area contributed by atoms with Crippen LogP contribution in [0.1, 0.15) is 60.5 Å². The van der Waals surface area contributed by atoms with Gasteiger partial charge in [-0.3, -0.25) is 9.59 Å². The number of sulfone groups is 1. The highest BCUT2D eigenvalue weighted by molar-refractivity contribution is 7.91. The van der Waals surface area contributed by atoms with Crippen LogP contribution in [-0.4, -0.2) is 36.8 Å². The second kappa shape index (κ2) is 7.43.